The van der Waals surface area contributed by atoms with Crippen molar-refractivity contribution in [1.29, 1.82) is 0 Å². The molecule has 31 heavy (non-hydrogen) atoms. The molecular formula is C24H32N4O2S. The van der Waals surface area contributed by atoms with Crippen molar-refractivity contribution in [2.24, 2.45) is 23.2 Å². The van der Waals surface area contributed by atoms with Gasteiger partial charge in [-0.05, 0) is 93.6 Å². The van der Waals surface area contributed by atoms with Crippen LogP contribution in [-0.2, 0) is 11.3 Å². The van der Waals surface area contributed by atoms with Crippen LogP contribution in [0.5, 0.6) is 0 Å². The topological polar surface area (TPSA) is 73.0 Å². The second-order valence-corrected chi connectivity index (χ2v) is 11.6. The Morgan fingerprint density at radius 2 is 1.94 bits per heavy atom. The largest absolute Gasteiger partial charge is 0.467 e. The van der Waals surface area contributed by atoms with Crippen molar-refractivity contribution in [3.05, 3.63) is 30.0 Å². The normalized spacial score (nSPS) is 32.4. The van der Waals surface area contributed by atoms with Crippen LogP contribution in [0.2, 0.25) is 0 Å². The van der Waals surface area contributed by atoms with E-state index in [4.69, 9.17) is 4.42 Å². The summed E-state index contributed by atoms with van der Waals surface area (Å²) in [6.45, 7) is 2.87. The fraction of sp³-hybridized carbons (Fsp3) is 0.708. The molecule has 0 spiro atoms. The maximum Gasteiger partial charge on any atom is 0.230 e. The molecule has 0 saturated heterocycles. The number of hydrogen-bond donors (Lipinski definition) is 1. The lowest BCUT2D eigenvalue weighted by atomic mass is 9.48. The molecule has 0 aromatic carbocycles. The monoisotopic (exact) mass is 440 g/mol. The predicted octanol–water partition coefficient (Wildman–Crippen LogP) is 4.61. The third-order valence-electron chi connectivity index (χ3n) is 8.30. The van der Waals surface area contributed by atoms with Crippen molar-refractivity contribution in [1.82, 2.24) is 20.1 Å². The number of carbonyl (C=O) groups is 1. The first-order valence-corrected chi connectivity index (χ1v) is 12.9. The summed E-state index contributed by atoms with van der Waals surface area (Å²) in [5.74, 6) is 5.64. The predicted molar refractivity (Wildman–Crippen MR) is 119 cm³/mol. The molecule has 4 bridgehead atoms. The van der Waals surface area contributed by atoms with Gasteiger partial charge in [0.1, 0.15) is 11.6 Å². The Morgan fingerprint density at radius 1 is 1.23 bits per heavy atom. The van der Waals surface area contributed by atoms with Gasteiger partial charge in [0.05, 0.1) is 18.6 Å². The van der Waals surface area contributed by atoms with Crippen LogP contribution in [0.15, 0.2) is 28.0 Å². The van der Waals surface area contributed by atoms with E-state index < -0.39 is 0 Å². The second-order valence-electron chi connectivity index (χ2n) is 10.6. The van der Waals surface area contributed by atoms with Gasteiger partial charge in [0, 0.05) is 12.0 Å². The van der Waals surface area contributed by atoms with Gasteiger partial charge in [-0.3, -0.25) is 9.36 Å². The van der Waals surface area contributed by atoms with Gasteiger partial charge in [-0.2, -0.15) is 0 Å². The Morgan fingerprint density at radius 3 is 2.55 bits per heavy atom. The third-order valence-corrected chi connectivity index (χ3v) is 9.26. The van der Waals surface area contributed by atoms with Gasteiger partial charge in [-0.1, -0.05) is 11.8 Å². The van der Waals surface area contributed by atoms with Gasteiger partial charge < -0.3 is 9.73 Å². The summed E-state index contributed by atoms with van der Waals surface area (Å²) in [7, 11) is 0. The average molecular weight is 441 g/mol. The Balaban J connectivity index is 1.10. The van der Waals surface area contributed by atoms with Gasteiger partial charge >= 0.3 is 0 Å². The summed E-state index contributed by atoms with van der Waals surface area (Å²) in [5.41, 5.74) is 0.341. The summed E-state index contributed by atoms with van der Waals surface area (Å²) in [5, 5.41) is 13.1. The summed E-state index contributed by atoms with van der Waals surface area (Å²) < 4.78 is 7.68. The Labute approximate surface area is 187 Å². The van der Waals surface area contributed by atoms with Gasteiger partial charge in [0.25, 0.3) is 0 Å². The van der Waals surface area contributed by atoms with Crippen LogP contribution in [0.3, 0.4) is 0 Å². The van der Waals surface area contributed by atoms with E-state index in [1.807, 2.05) is 12.1 Å². The Bertz CT molecular complexity index is 914. The molecule has 6 nitrogen and oxygen atoms in total. The van der Waals surface area contributed by atoms with E-state index in [1.54, 1.807) is 6.26 Å². The molecule has 2 aromatic heterocycles. The number of thioether (sulfide) groups is 1. The molecular weight excluding hydrogens is 408 g/mol. The highest BCUT2D eigenvalue weighted by molar-refractivity contribution is 7.99. The van der Waals surface area contributed by atoms with E-state index in [2.05, 4.69) is 27.0 Å². The van der Waals surface area contributed by atoms with Gasteiger partial charge in [-0.15, -0.1) is 10.2 Å². The maximum atomic E-state index is 12.9. The minimum absolute atomic E-state index is 0.119. The highest BCUT2D eigenvalue weighted by Crippen LogP contribution is 2.61. The average Bonchev–Trinajstić information content (AvgIpc) is 3.29. The number of aromatic nitrogens is 3. The highest BCUT2D eigenvalue weighted by atomic mass is 32.2. The van der Waals surface area contributed by atoms with Crippen molar-refractivity contribution in [3.8, 4) is 0 Å². The van der Waals surface area contributed by atoms with E-state index in [0.717, 1.165) is 34.5 Å². The van der Waals surface area contributed by atoms with Gasteiger partial charge in [-0.25, -0.2) is 0 Å². The molecule has 0 radical (unpaired) electrons. The molecule has 5 aliphatic carbocycles. The Hall–Kier alpha value is -1.76. The number of furan rings is 1. The van der Waals surface area contributed by atoms with Crippen molar-refractivity contribution in [2.45, 2.75) is 82.0 Å². The number of rotatable bonds is 8. The number of nitrogens with zero attached hydrogens (tertiary/aromatic N) is 3. The first-order valence-electron chi connectivity index (χ1n) is 12.0. The molecule has 5 fully saturated rings. The van der Waals surface area contributed by atoms with E-state index >= 15 is 0 Å². The molecule has 2 aromatic rings. The van der Waals surface area contributed by atoms with Crippen molar-refractivity contribution in [2.75, 3.05) is 5.75 Å². The third kappa shape index (κ3) is 3.83. The minimum Gasteiger partial charge on any atom is -0.467 e. The van der Waals surface area contributed by atoms with E-state index in [9.17, 15) is 4.79 Å². The molecule has 7 rings (SSSR count). The zero-order chi connectivity index (χ0) is 21.0. The molecule has 2 heterocycles. The molecule has 1 atom stereocenters. The zero-order valence-electron chi connectivity index (χ0n) is 18.3. The van der Waals surface area contributed by atoms with E-state index in [0.29, 0.717) is 23.6 Å². The van der Waals surface area contributed by atoms with Crippen LogP contribution in [0.25, 0.3) is 0 Å². The number of nitrogens with one attached hydrogen (secondary N) is 1. The molecule has 1 N–H and O–H groups in total. The molecule has 7 heteroatoms. The number of amides is 1. The fourth-order valence-corrected chi connectivity index (χ4v) is 7.79. The molecule has 5 saturated carbocycles. The van der Waals surface area contributed by atoms with Crippen LogP contribution in [0.4, 0.5) is 0 Å². The standard InChI is InChI=1S/C24H32N4O2S/c1-15(24-10-16-7-17(11-24)9-18(8-16)12-24)25-21(29)14-31-23-27-26-22(19-4-5-19)28(23)13-20-3-2-6-30-20/h2-3,6,15-19H,4-5,7-14H2,1H3,(H,25,29). The number of carbonyl (C=O) groups excluding carboxylic acids is 1. The van der Waals surface area contributed by atoms with Gasteiger partial charge in [0.15, 0.2) is 5.16 Å². The summed E-state index contributed by atoms with van der Waals surface area (Å²) in [6, 6.07) is 4.14. The quantitative estimate of drug-likeness (QED) is 0.607. The van der Waals surface area contributed by atoms with Crippen molar-refractivity contribution >= 4 is 17.7 Å². The lowest BCUT2D eigenvalue weighted by molar-refractivity contribution is -0.123. The fourth-order valence-electron chi connectivity index (χ4n) is 7.03. The lowest BCUT2D eigenvalue weighted by Gasteiger charge is -2.59. The maximum absolute atomic E-state index is 12.9. The zero-order valence-corrected chi connectivity index (χ0v) is 19.1. The molecule has 166 valence electrons. The summed E-state index contributed by atoms with van der Waals surface area (Å²) in [4.78, 5) is 12.9. The van der Waals surface area contributed by atoms with Gasteiger partial charge in [0.2, 0.25) is 5.91 Å². The van der Waals surface area contributed by atoms with Crippen LogP contribution in [-0.4, -0.2) is 32.5 Å². The molecule has 5 aliphatic rings. The van der Waals surface area contributed by atoms with Crippen molar-refractivity contribution < 1.29 is 9.21 Å². The van der Waals surface area contributed by atoms with E-state index in [1.165, 1.54) is 63.1 Å². The Kier molecular flexibility index (Phi) is 4.93. The molecule has 0 aliphatic heterocycles. The van der Waals surface area contributed by atoms with Crippen LogP contribution in [0, 0.1) is 23.2 Å². The highest BCUT2D eigenvalue weighted by Gasteiger charge is 2.53. The smallest absolute Gasteiger partial charge is 0.230 e. The first kappa shape index (κ1) is 19.9. The molecule has 1 unspecified atom stereocenters. The minimum atomic E-state index is 0.119. The molecule has 1 amide bonds. The van der Waals surface area contributed by atoms with E-state index in [-0.39, 0.29) is 11.9 Å². The summed E-state index contributed by atoms with van der Waals surface area (Å²) >= 11 is 1.50. The second kappa shape index (κ2) is 7.68. The lowest BCUT2D eigenvalue weighted by Crippen LogP contribution is -2.56. The van der Waals surface area contributed by atoms with Crippen LogP contribution >= 0.6 is 11.8 Å². The number of hydrogen-bond acceptors (Lipinski definition) is 5. The van der Waals surface area contributed by atoms with Crippen molar-refractivity contribution in [3.63, 3.8) is 0 Å². The van der Waals surface area contributed by atoms with Crippen LogP contribution in [0.1, 0.15) is 75.8 Å². The van der Waals surface area contributed by atoms with Crippen LogP contribution < -0.4 is 5.32 Å². The summed E-state index contributed by atoms with van der Waals surface area (Å²) in [6.07, 6.45) is 12.3. The first-order chi connectivity index (χ1) is 15.1. The SMILES string of the molecule is CC(NC(=O)CSc1nnc(C2CC2)n1Cc1ccco1)C12CC3CC(CC(C3)C1)C2.